The van der Waals surface area contributed by atoms with Crippen LogP contribution >= 0.6 is 11.8 Å². The van der Waals surface area contributed by atoms with Gasteiger partial charge in [0.05, 0.1) is 12.3 Å². The number of nitrogens with two attached hydrogens (primary N) is 1. The van der Waals surface area contributed by atoms with Crippen LogP contribution in [0.4, 0.5) is 14.5 Å². The molecule has 0 aromatic heterocycles. The molecule has 0 aliphatic heterocycles. The number of rotatable bonds is 3. The first-order chi connectivity index (χ1) is 6.15. The minimum Gasteiger partial charge on any atom is -0.396 e. The van der Waals surface area contributed by atoms with Gasteiger partial charge in [-0.15, -0.1) is 11.8 Å². The van der Waals surface area contributed by atoms with Crippen molar-refractivity contribution in [2.75, 3.05) is 18.1 Å². The minimum absolute atomic E-state index is 0.0533. The summed E-state index contributed by atoms with van der Waals surface area (Å²) in [7, 11) is 0. The van der Waals surface area contributed by atoms with E-state index in [1.165, 1.54) is 0 Å². The summed E-state index contributed by atoms with van der Waals surface area (Å²) < 4.78 is 25.5. The Bertz CT molecular complexity index is 306. The number of hydrogen-bond donors (Lipinski definition) is 2. The SMILES string of the molecule is Nc1c(F)cc(F)cc1SCCO. The standard InChI is InChI=1S/C8H9F2NOS/c9-5-3-6(10)8(11)7(4-5)13-2-1-12/h3-4,12H,1-2,11H2. The Morgan fingerprint density at radius 1 is 1.38 bits per heavy atom. The molecule has 3 N–H and O–H groups in total. The molecule has 0 radical (unpaired) electrons. The quantitative estimate of drug-likeness (QED) is 0.582. The number of benzene rings is 1. The van der Waals surface area contributed by atoms with E-state index in [2.05, 4.69) is 0 Å². The van der Waals surface area contributed by atoms with E-state index in [-0.39, 0.29) is 12.3 Å². The predicted octanol–water partition coefficient (Wildman–Crippen LogP) is 1.63. The van der Waals surface area contributed by atoms with Gasteiger partial charge in [-0.25, -0.2) is 8.78 Å². The molecule has 0 fully saturated rings. The number of anilines is 1. The molecule has 1 aromatic rings. The lowest BCUT2D eigenvalue weighted by atomic mass is 10.3. The van der Waals surface area contributed by atoms with Crippen LogP contribution in [0.1, 0.15) is 0 Å². The maximum Gasteiger partial charge on any atom is 0.150 e. The van der Waals surface area contributed by atoms with Gasteiger partial charge in [0.25, 0.3) is 0 Å². The van der Waals surface area contributed by atoms with Crippen LogP contribution in [-0.2, 0) is 0 Å². The summed E-state index contributed by atoms with van der Waals surface area (Å²) in [5.74, 6) is -1.06. The molecule has 0 heterocycles. The van der Waals surface area contributed by atoms with E-state index in [9.17, 15) is 8.78 Å². The summed E-state index contributed by atoms with van der Waals surface area (Å²) in [6, 6.07) is 1.89. The average Bonchev–Trinajstić information content (AvgIpc) is 2.09. The second-order valence-corrected chi connectivity index (χ2v) is 3.51. The summed E-state index contributed by atoms with van der Waals surface area (Å²) in [4.78, 5) is 0.326. The van der Waals surface area contributed by atoms with Crippen LogP contribution in [0.3, 0.4) is 0 Å². The highest BCUT2D eigenvalue weighted by molar-refractivity contribution is 7.99. The number of halogens is 2. The van der Waals surface area contributed by atoms with Crippen LogP contribution in [0.2, 0.25) is 0 Å². The molecule has 0 aliphatic carbocycles. The van der Waals surface area contributed by atoms with Gasteiger partial charge in [-0.3, -0.25) is 0 Å². The first kappa shape index (κ1) is 10.3. The van der Waals surface area contributed by atoms with Crippen molar-refractivity contribution in [3.8, 4) is 0 Å². The maximum atomic E-state index is 12.8. The van der Waals surface area contributed by atoms with Crippen molar-refractivity contribution >= 4 is 17.4 Å². The maximum absolute atomic E-state index is 12.8. The third-order valence-electron chi connectivity index (χ3n) is 1.41. The van der Waals surface area contributed by atoms with Crippen LogP contribution in [0.5, 0.6) is 0 Å². The second kappa shape index (κ2) is 4.43. The molecule has 0 saturated carbocycles. The van der Waals surface area contributed by atoms with E-state index in [0.29, 0.717) is 10.6 Å². The topological polar surface area (TPSA) is 46.2 Å². The van der Waals surface area contributed by atoms with Gasteiger partial charge in [-0.2, -0.15) is 0 Å². The summed E-state index contributed by atoms with van der Waals surface area (Å²) in [6.45, 7) is -0.0533. The highest BCUT2D eigenvalue weighted by Gasteiger charge is 2.07. The molecular weight excluding hydrogens is 196 g/mol. The molecule has 5 heteroatoms. The molecule has 0 atom stereocenters. The van der Waals surface area contributed by atoms with Gasteiger partial charge >= 0.3 is 0 Å². The lowest BCUT2D eigenvalue weighted by molar-refractivity contribution is 0.322. The fourth-order valence-corrected chi connectivity index (χ4v) is 1.60. The third-order valence-corrected chi connectivity index (χ3v) is 2.44. The normalized spacial score (nSPS) is 10.4. The average molecular weight is 205 g/mol. The van der Waals surface area contributed by atoms with Crippen LogP contribution < -0.4 is 5.73 Å². The summed E-state index contributed by atoms with van der Waals surface area (Å²) in [5, 5.41) is 8.51. The number of aliphatic hydroxyl groups excluding tert-OH is 1. The zero-order chi connectivity index (χ0) is 9.84. The number of hydrogen-bond acceptors (Lipinski definition) is 3. The van der Waals surface area contributed by atoms with Crippen molar-refractivity contribution in [2.45, 2.75) is 4.90 Å². The molecule has 72 valence electrons. The molecule has 0 saturated heterocycles. The molecular formula is C8H9F2NOS. The van der Waals surface area contributed by atoms with Gasteiger partial charge in [-0.1, -0.05) is 0 Å². The van der Waals surface area contributed by atoms with Crippen molar-refractivity contribution in [3.63, 3.8) is 0 Å². The van der Waals surface area contributed by atoms with Gasteiger partial charge in [-0.05, 0) is 6.07 Å². The molecule has 0 spiro atoms. The van der Waals surface area contributed by atoms with Crippen molar-refractivity contribution in [3.05, 3.63) is 23.8 Å². The Morgan fingerprint density at radius 2 is 2.08 bits per heavy atom. The van der Waals surface area contributed by atoms with Gasteiger partial charge in [0.15, 0.2) is 0 Å². The summed E-state index contributed by atoms with van der Waals surface area (Å²) in [6.07, 6.45) is 0. The van der Waals surface area contributed by atoms with E-state index in [4.69, 9.17) is 10.8 Å². The molecule has 0 amide bonds. The molecule has 0 bridgehead atoms. The smallest absolute Gasteiger partial charge is 0.150 e. The van der Waals surface area contributed by atoms with Gasteiger partial charge in [0, 0.05) is 16.7 Å². The Morgan fingerprint density at radius 3 is 2.69 bits per heavy atom. The van der Waals surface area contributed by atoms with Crippen LogP contribution in [0.25, 0.3) is 0 Å². The molecule has 13 heavy (non-hydrogen) atoms. The molecule has 2 nitrogen and oxygen atoms in total. The zero-order valence-electron chi connectivity index (χ0n) is 6.76. The van der Waals surface area contributed by atoms with Crippen molar-refractivity contribution in [2.24, 2.45) is 0 Å². The van der Waals surface area contributed by atoms with E-state index >= 15 is 0 Å². The molecule has 0 aliphatic rings. The van der Waals surface area contributed by atoms with Gasteiger partial charge in [0.1, 0.15) is 11.6 Å². The first-order valence-electron chi connectivity index (χ1n) is 3.63. The third kappa shape index (κ3) is 2.57. The van der Waals surface area contributed by atoms with Gasteiger partial charge < -0.3 is 10.8 Å². The van der Waals surface area contributed by atoms with Crippen molar-refractivity contribution < 1.29 is 13.9 Å². The van der Waals surface area contributed by atoms with Gasteiger partial charge in [0.2, 0.25) is 0 Å². The van der Waals surface area contributed by atoms with Crippen LogP contribution in [0, 0.1) is 11.6 Å². The largest absolute Gasteiger partial charge is 0.396 e. The number of thioether (sulfide) groups is 1. The molecule has 0 unspecified atom stereocenters. The highest BCUT2D eigenvalue weighted by Crippen LogP contribution is 2.27. The Labute approximate surface area is 78.7 Å². The monoisotopic (exact) mass is 205 g/mol. The predicted molar refractivity (Wildman–Crippen MR) is 48.6 cm³/mol. The Kier molecular flexibility index (Phi) is 3.50. The van der Waals surface area contributed by atoms with Crippen LogP contribution in [-0.4, -0.2) is 17.5 Å². The van der Waals surface area contributed by atoms with E-state index in [1.54, 1.807) is 0 Å². The zero-order valence-corrected chi connectivity index (χ0v) is 7.57. The fraction of sp³-hybridized carbons (Fsp3) is 0.250. The minimum atomic E-state index is -0.763. The molecule has 1 rings (SSSR count). The van der Waals surface area contributed by atoms with E-state index < -0.39 is 11.6 Å². The Hall–Kier alpha value is -0.810. The second-order valence-electron chi connectivity index (χ2n) is 2.37. The van der Waals surface area contributed by atoms with Crippen LogP contribution in [0.15, 0.2) is 17.0 Å². The fourth-order valence-electron chi connectivity index (χ4n) is 0.836. The first-order valence-corrected chi connectivity index (χ1v) is 4.62. The number of aliphatic hydroxyl groups is 1. The van der Waals surface area contributed by atoms with E-state index in [1.807, 2.05) is 0 Å². The Balaban J connectivity index is 2.92. The van der Waals surface area contributed by atoms with E-state index in [0.717, 1.165) is 23.9 Å². The van der Waals surface area contributed by atoms with Crippen molar-refractivity contribution in [1.29, 1.82) is 0 Å². The lowest BCUT2D eigenvalue weighted by Gasteiger charge is -2.05. The number of nitrogen functional groups attached to an aromatic ring is 1. The summed E-state index contributed by atoms with van der Waals surface area (Å²) >= 11 is 1.12. The summed E-state index contributed by atoms with van der Waals surface area (Å²) in [5.41, 5.74) is 5.28. The molecule has 1 aromatic carbocycles. The van der Waals surface area contributed by atoms with Crippen molar-refractivity contribution in [1.82, 2.24) is 0 Å². The highest BCUT2D eigenvalue weighted by atomic mass is 32.2. The lowest BCUT2D eigenvalue weighted by Crippen LogP contribution is -1.96.